The van der Waals surface area contributed by atoms with Gasteiger partial charge in [-0.1, -0.05) is 20.8 Å². The molecule has 1 N–H and O–H groups in total. The summed E-state index contributed by atoms with van der Waals surface area (Å²) in [5.74, 6) is 0.913. The second-order valence-electron chi connectivity index (χ2n) is 6.21. The number of nitrogens with zero attached hydrogens (tertiary/aromatic N) is 1. The van der Waals surface area contributed by atoms with E-state index in [2.05, 4.69) is 17.1 Å². The predicted molar refractivity (Wildman–Crippen MR) is 76.9 cm³/mol. The molecule has 110 valence electrons. The fourth-order valence-electron chi connectivity index (χ4n) is 2.64. The zero-order valence-corrected chi connectivity index (χ0v) is 12.7. The van der Waals surface area contributed by atoms with Crippen molar-refractivity contribution >= 4 is 11.7 Å². The molecule has 0 aliphatic carbocycles. The normalized spacial score (nSPS) is 22.9. The van der Waals surface area contributed by atoms with E-state index in [1.165, 1.54) is 6.42 Å². The Morgan fingerprint density at radius 3 is 2.53 bits per heavy atom. The van der Waals surface area contributed by atoms with Gasteiger partial charge < -0.3 is 5.32 Å². The lowest BCUT2D eigenvalue weighted by atomic mass is 10.0. The van der Waals surface area contributed by atoms with Gasteiger partial charge in [-0.25, -0.2) is 0 Å². The topological polar surface area (TPSA) is 49.4 Å². The van der Waals surface area contributed by atoms with Gasteiger partial charge in [0.05, 0.1) is 12.6 Å². The van der Waals surface area contributed by atoms with Crippen LogP contribution in [0.25, 0.3) is 0 Å². The summed E-state index contributed by atoms with van der Waals surface area (Å²) in [4.78, 5) is 25.7. The Kier molecular flexibility index (Phi) is 6.49. The molecule has 0 bridgehead atoms. The van der Waals surface area contributed by atoms with E-state index in [9.17, 15) is 9.59 Å². The largest absolute Gasteiger partial charge is 0.345 e. The summed E-state index contributed by atoms with van der Waals surface area (Å²) >= 11 is 0. The van der Waals surface area contributed by atoms with Crippen LogP contribution in [0, 0.1) is 11.8 Å². The third-order valence-corrected chi connectivity index (χ3v) is 3.90. The van der Waals surface area contributed by atoms with Gasteiger partial charge in [0.2, 0.25) is 5.91 Å². The van der Waals surface area contributed by atoms with Gasteiger partial charge >= 0.3 is 0 Å². The zero-order chi connectivity index (χ0) is 14.4. The molecule has 1 heterocycles. The van der Waals surface area contributed by atoms with E-state index in [4.69, 9.17) is 0 Å². The lowest BCUT2D eigenvalue weighted by Gasteiger charge is -2.23. The second kappa shape index (κ2) is 7.63. The van der Waals surface area contributed by atoms with E-state index in [1.807, 2.05) is 13.8 Å². The molecule has 1 rings (SSSR count). The summed E-state index contributed by atoms with van der Waals surface area (Å²) in [5, 5.41) is 2.86. The summed E-state index contributed by atoms with van der Waals surface area (Å²) < 4.78 is 0. The fourth-order valence-corrected chi connectivity index (χ4v) is 2.64. The van der Waals surface area contributed by atoms with Gasteiger partial charge in [-0.3, -0.25) is 14.5 Å². The van der Waals surface area contributed by atoms with Gasteiger partial charge in [0.1, 0.15) is 0 Å². The third-order valence-electron chi connectivity index (χ3n) is 3.90. The third kappa shape index (κ3) is 5.72. The number of ketones is 1. The maximum atomic E-state index is 12.0. The average Bonchev–Trinajstić information content (AvgIpc) is 2.50. The molecule has 1 amide bonds. The number of hydrogen-bond donors (Lipinski definition) is 1. The molecule has 4 heteroatoms. The first-order valence-corrected chi connectivity index (χ1v) is 7.42. The average molecular weight is 268 g/mol. The van der Waals surface area contributed by atoms with Crippen molar-refractivity contribution in [1.82, 2.24) is 10.2 Å². The molecular formula is C15H28N2O2. The molecule has 4 nitrogen and oxygen atoms in total. The summed E-state index contributed by atoms with van der Waals surface area (Å²) in [6, 6.07) is -0.349. The number of rotatable bonds is 5. The van der Waals surface area contributed by atoms with Crippen molar-refractivity contribution in [2.24, 2.45) is 11.8 Å². The molecule has 0 aromatic carbocycles. The fraction of sp³-hybridized carbons (Fsp3) is 0.867. The van der Waals surface area contributed by atoms with Crippen molar-refractivity contribution in [3.63, 3.8) is 0 Å². The number of likely N-dealkylation sites (tertiary alicyclic amines) is 1. The van der Waals surface area contributed by atoms with Gasteiger partial charge in [-0.15, -0.1) is 0 Å². The van der Waals surface area contributed by atoms with E-state index in [-0.39, 0.29) is 23.7 Å². The van der Waals surface area contributed by atoms with Crippen molar-refractivity contribution < 1.29 is 9.59 Å². The van der Waals surface area contributed by atoms with Gasteiger partial charge in [0.25, 0.3) is 0 Å². The minimum absolute atomic E-state index is 0.0246. The molecule has 1 aliphatic rings. The summed E-state index contributed by atoms with van der Waals surface area (Å²) in [6.45, 7) is 10.1. The monoisotopic (exact) mass is 268 g/mol. The Hall–Kier alpha value is -0.900. The number of hydrogen-bond acceptors (Lipinski definition) is 3. The van der Waals surface area contributed by atoms with Gasteiger partial charge in [0.15, 0.2) is 5.78 Å². The lowest BCUT2D eigenvalue weighted by Crippen LogP contribution is -2.47. The minimum atomic E-state index is -0.349. The standard InChI is InChI=1S/C15H28N2O2/c1-11(2)15(13(4)18)16-14(19)10-17-8-5-6-12(3)7-9-17/h11-12,15H,5-10H2,1-4H3,(H,16,19). The van der Waals surface area contributed by atoms with Crippen LogP contribution in [0.5, 0.6) is 0 Å². The molecule has 0 radical (unpaired) electrons. The van der Waals surface area contributed by atoms with Crippen molar-refractivity contribution in [3.8, 4) is 0 Å². The zero-order valence-electron chi connectivity index (χ0n) is 12.7. The van der Waals surface area contributed by atoms with E-state index in [1.54, 1.807) is 6.92 Å². The van der Waals surface area contributed by atoms with Crippen molar-refractivity contribution in [3.05, 3.63) is 0 Å². The quantitative estimate of drug-likeness (QED) is 0.827. The van der Waals surface area contributed by atoms with E-state index in [0.29, 0.717) is 6.54 Å². The molecule has 0 aromatic heterocycles. The number of carbonyl (C=O) groups excluding carboxylic acids is 2. The maximum absolute atomic E-state index is 12.0. The molecule has 0 saturated carbocycles. The highest BCUT2D eigenvalue weighted by Gasteiger charge is 2.22. The number of nitrogens with one attached hydrogen (secondary N) is 1. The molecule has 1 fully saturated rings. The molecule has 0 spiro atoms. The van der Waals surface area contributed by atoms with Crippen LogP contribution in [0.15, 0.2) is 0 Å². The Labute approximate surface area is 116 Å². The van der Waals surface area contributed by atoms with E-state index in [0.717, 1.165) is 31.8 Å². The van der Waals surface area contributed by atoms with Crippen LogP contribution in [0.1, 0.15) is 47.0 Å². The van der Waals surface area contributed by atoms with Crippen molar-refractivity contribution in [2.45, 2.75) is 53.0 Å². The molecular weight excluding hydrogens is 240 g/mol. The summed E-state index contributed by atoms with van der Waals surface area (Å²) in [5.41, 5.74) is 0. The second-order valence-corrected chi connectivity index (χ2v) is 6.21. The van der Waals surface area contributed by atoms with Crippen molar-refractivity contribution in [1.29, 1.82) is 0 Å². The Morgan fingerprint density at radius 2 is 1.95 bits per heavy atom. The summed E-state index contributed by atoms with van der Waals surface area (Å²) in [6.07, 6.45) is 3.57. The molecule has 0 aromatic rings. The molecule has 19 heavy (non-hydrogen) atoms. The smallest absolute Gasteiger partial charge is 0.234 e. The highest BCUT2D eigenvalue weighted by Crippen LogP contribution is 2.16. The maximum Gasteiger partial charge on any atom is 0.234 e. The molecule has 1 saturated heterocycles. The molecule has 2 atom stereocenters. The number of carbonyl (C=O) groups is 2. The highest BCUT2D eigenvalue weighted by atomic mass is 16.2. The predicted octanol–water partition coefficient (Wildman–Crippen LogP) is 1.84. The van der Waals surface area contributed by atoms with Crippen LogP contribution < -0.4 is 5.32 Å². The van der Waals surface area contributed by atoms with Crippen LogP contribution in [0.2, 0.25) is 0 Å². The number of Topliss-reactive ketones (excluding diaryl/α,β-unsaturated/α-hetero) is 1. The molecule has 2 unspecified atom stereocenters. The van der Waals surface area contributed by atoms with E-state index >= 15 is 0 Å². The van der Waals surface area contributed by atoms with Crippen LogP contribution >= 0.6 is 0 Å². The van der Waals surface area contributed by atoms with E-state index < -0.39 is 0 Å². The SMILES string of the molecule is CC(=O)C(NC(=O)CN1CCCC(C)CC1)C(C)C. The van der Waals surface area contributed by atoms with Crippen LogP contribution in [0.4, 0.5) is 0 Å². The Morgan fingerprint density at radius 1 is 1.26 bits per heavy atom. The number of amides is 1. The van der Waals surface area contributed by atoms with Gasteiger partial charge in [-0.2, -0.15) is 0 Å². The highest BCUT2D eigenvalue weighted by molar-refractivity contribution is 5.88. The first-order chi connectivity index (χ1) is 8.90. The van der Waals surface area contributed by atoms with Gasteiger partial charge in [-0.05, 0) is 51.1 Å². The van der Waals surface area contributed by atoms with Crippen molar-refractivity contribution in [2.75, 3.05) is 19.6 Å². The van der Waals surface area contributed by atoms with Crippen LogP contribution in [0.3, 0.4) is 0 Å². The minimum Gasteiger partial charge on any atom is -0.345 e. The van der Waals surface area contributed by atoms with Gasteiger partial charge in [0, 0.05) is 0 Å². The van der Waals surface area contributed by atoms with Crippen LogP contribution in [-0.2, 0) is 9.59 Å². The first-order valence-electron chi connectivity index (χ1n) is 7.42. The molecule has 1 aliphatic heterocycles. The lowest BCUT2D eigenvalue weighted by molar-refractivity contribution is -0.128. The first kappa shape index (κ1) is 16.2. The Bertz CT molecular complexity index is 315. The Balaban J connectivity index is 2.43. The van der Waals surface area contributed by atoms with Crippen LogP contribution in [-0.4, -0.2) is 42.3 Å². The summed E-state index contributed by atoms with van der Waals surface area (Å²) in [7, 11) is 0.